The van der Waals surface area contributed by atoms with Gasteiger partial charge >= 0.3 is 5.97 Å². The van der Waals surface area contributed by atoms with E-state index in [0.717, 1.165) is 4.47 Å². The van der Waals surface area contributed by atoms with E-state index in [2.05, 4.69) is 31.2 Å². The van der Waals surface area contributed by atoms with Crippen molar-refractivity contribution in [1.82, 2.24) is 9.97 Å². The minimum Gasteiger partial charge on any atom is -0.478 e. The second kappa shape index (κ2) is 5.61. The van der Waals surface area contributed by atoms with Crippen molar-refractivity contribution in [2.24, 2.45) is 0 Å². The molecule has 0 radical (unpaired) electrons. The Morgan fingerprint density at radius 3 is 2.82 bits per heavy atom. The molecule has 110 valence electrons. The van der Waals surface area contributed by atoms with E-state index in [1.807, 2.05) is 0 Å². The van der Waals surface area contributed by atoms with Crippen LogP contribution in [0.5, 0.6) is 0 Å². The van der Waals surface area contributed by atoms with Crippen molar-refractivity contribution in [3.63, 3.8) is 0 Å². The van der Waals surface area contributed by atoms with Gasteiger partial charge in [0.05, 0.1) is 16.5 Å². The van der Waals surface area contributed by atoms with Gasteiger partial charge in [0.25, 0.3) is 5.56 Å². The van der Waals surface area contributed by atoms with Crippen LogP contribution in [0.2, 0.25) is 0 Å². The van der Waals surface area contributed by atoms with Gasteiger partial charge < -0.3 is 10.4 Å². The third-order valence-electron chi connectivity index (χ3n) is 3.04. The van der Waals surface area contributed by atoms with Gasteiger partial charge in [-0.25, -0.2) is 9.78 Å². The molecular formula is C15H10BrN3O3. The SMILES string of the molecule is O=C(O)c1cccc(Nc2nc3ccc(Br)cc3c(=O)[nH]2)c1. The number of hydrogen-bond donors (Lipinski definition) is 3. The van der Waals surface area contributed by atoms with E-state index in [9.17, 15) is 9.59 Å². The number of carbonyl (C=O) groups is 1. The van der Waals surface area contributed by atoms with E-state index in [0.29, 0.717) is 16.6 Å². The highest BCUT2D eigenvalue weighted by Gasteiger charge is 2.07. The van der Waals surface area contributed by atoms with Crippen LogP contribution < -0.4 is 10.9 Å². The summed E-state index contributed by atoms with van der Waals surface area (Å²) in [6.07, 6.45) is 0. The number of carboxylic acids is 1. The number of benzene rings is 2. The zero-order valence-electron chi connectivity index (χ0n) is 11.1. The summed E-state index contributed by atoms with van der Waals surface area (Å²) in [6, 6.07) is 11.5. The smallest absolute Gasteiger partial charge is 0.335 e. The van der Waals surface area contributed by atoms with Crippen molar-refractivity contribution in [2.75, 3.05) is 5.32 Å². The van der Waals surface area contributed by atoms with Crippen LogP contribution in [0.15, 0.2) is 51.7 Å². The second-order valence-electron chi connectivity index (χ2n) is 4.59. The Morgan fingerprint density at radius 2 is 2.05 bits per heavy atom. The molecule has 7 heteroatoms. The molecule has 2 aromatic carbocycles. The summed E-state index contributed by atoms with van der Waals surface area (Å²) in [4.78, 5) is 30.0. The van der Waals surface area contributed by atoms with Gasteiger partial charge in [-0.05, 0) is 36.4 Å². The van der Waals surface area contributed by atoms with Gasteiger partial charge in [-0.2, -0.15) is 0 Å². The molecule has 3 N–H and O–H groups in total. The Morgan fingerprint density at radius 1 is 1.23 bits per heavy atom. The summed E-state index contributed by atoms with van der Waals surface area (Å²) >= 11 is 3.31. The lowest BCUT2D eigenvalue weighted by molar-refractivity contribution is 0.0697. The van der Waals surface area contributed by atoms with Gasteiger partial charge in [-0.15, -0.1) is 0 Å². The lowest BCUT2D eigenvalue weighted by atomic mass is 10.2. The number of carboxylic acid groups (broad SMARTS) is 1. The Hall–Kier alpha value is -2.67. The van der Waals surface area contributed by atoms with E-state index in [4.69, 9.17) is 5.11 Å². The van der Waals surface area contributed by atoms with Gasteiger partial charge in [0, 0.05) is 10.2 Å². The molecule has 3 aromatic rings. The Balaban J connectivity index is 2.01. The van der Waals surface area contributed by atoms with E-state index in [1.54, 1.807) is 30.3 Å². The minimum absolute atomic E-state index is 0.150. The first-order chi connectivity index (χ1) is 10.5. The zero-order chi connectivity index (χ0) is 15.7. The van der Waals surface area contributed by atoms with Crippen molar-refractivity contribution in [3.05, 3.63) is 62.9 Å². The highest BCUT2D eigenvalue weighted by atomic mass is 79.9. The third-order valence-corrected chi connectivity index (χ3v) is 3.53. The third kappa shape index (κ3) is 2.84. The zero-order valence-corrected chi connectivity index (χ0v) is 12.7. The lowest BCUT2D eigenvalue weighted by Gasteiger charge is -2.07. The number of nitrogens with one attached hydrogen (secondary N) is 2. The number of aromatic amines is 1. The summed E-state index contributed by atoms with van der Waals surface area (Å²) in [7, 11) is 0. The average Bonchev–Trinajstić information content (AvgIpc) is 2.48. The van der Waals surface area contributed by atoms with Crippen molar-refractivity contribution in [3.8, 4) is 0 Å². The molecule has 0 fully saturated rings. The quantitative estimate of drug-likeness (QED) is 0.667. The number of aromatic carboxylic acids is 1. The number of rotatable bonds is 3. The molecule has 1 aromatic heterocycles. The van der Waals surface area contributed by atoms with Crippen molar-refractivity contribution < 1.29 is 9.90 Å². The summed E-state index contributed by atoms with van der Waals surface area (Å²) in [5.74, 6) is -0.768. The molecule has 0 bridgehead atoms. The Kier molecular flexibility index (Phi) is 3.64. The largest absolute Gasteiger partial charge is 0.478 e. The van der Waals surface area contributed by atoms with Gasteiger partial charge in [0.15, 0.2) is 0 Å². The summed E-state index contributed by atoms with van der Waals surface area (Å²) in [5, 5.41) is 12.4. The number of fused-ring (bicyclic) bond motifs is 1. The number of nitrogens with zero attached hydrogens (tertiary/aromatic N) is 1. The number of anilines is 2. The molecule has 0 spiro atoms. The molecule has 0 aliphatic carbocycles. The maximum absolute atomic E-state index is 12.1. The predicted octanol–water partition coefficient (Wildman–Crippen LogP) is 3.13. The number of aromatic nitrogens is 2. The van der Waals surface area contributed by atoms with Gasteiger partial charge in [0.2, 0.25) is 5.95 Å². The number of hydrogen-bond acceptors (Lipinski definition) is 4. The highest BCUT2D eigenvalue weighted by molar-refractivity contribution is 9.10. The maximum atomic E-state index is 12.1. The van der Waals surface area contributed by atoms with Gasteiger partial charge in [-0.1, -0.05) is 22.0 Å². The summed E-state index contributed by atoms with van der Waals surface area (Å²) in [5.41, 5.74) is 0.948. The number of H-pyrrole nitrogens is 1. The predicted molar refractivity (Wildman–Crippen MR) is 86.7 cm³/mol. The molecular weight excluding hydrogens is 350 g/mol. The molecule has 0 saturated heterocycles. The molecule has 22 heavy (non-hydrogen) atoms. The van der Waals surface area contributed by atoms with Crippen LogP contribution in [-0.2, 0) is 0 Å². The Bertz CT molecular complexity index is 937. The van der Waals surface area contributed by atoms with E-state index in [-0.39, 0.29) is 17.1 Å². The first-order valence-corrected chi connectivity index (χ1v) is 7.12. The second-order valence-corrected chi connectivity index (χ2v) is 5.50. The van der Waals surface area contributed by atoms with E-state index < -0.39 is 5.97 Å². The topological polar surface area (TPSA) is 95.1 Å². The monoisotopic (exact) mass is 359 g/mol. The molecule has 0 saturated carbocycles. The number of halogens is 1. The summed E-state index contributed by atoms with van der Waals surface area (Å²) in [6.45, 7) is 0. The van der Waals surface area contributed by atoms with Crippen LogP contribution in [0.1, 0.15) is 10.4 Å². The fraction of sp³-hybridized carbons (Fsp3) is 0. The Labute approximate surface area is 133 Å². The molecule has 0 atom stereocenters. The van der Waals surface area contributed by atoms with Crippen LogP contribution >= 0.6 is 15.9 Å². The van der Waals surface area contributed by atoms with E-state index in [1.165, 1.54) is 12.1 Å². The lowest BCUT2D eigenvalue weighted by Crippen LogP contribution is -2.11. The standard InChI is InChI=1S/C15H10BrN3O3/c16-9-4-5-12-11(7-9)13(20)19-15(18-12)17-10-3-1-2-8(6-10)14(21)22/h1-7H,(H,21,22)(H2,17,18,19,20). The van der Waals surface area contributed by atoms with Crippen LogP contribution in [0.3, 0.4) is 0 Å². The normalized spacial score (nSPS) is 10.6. The highest BCUT2D eigenvalue weighted by Crippen LogP contribution is 2.18. The molecule has 1 heterocycles. The fourth-order valence-electron chi connectivity index (χ4n) is 2.04. The molecule has 0 unspecified atom stereocenters. The molecule has 3 rings (SSSR count). The van der Waals surface area contributed by atoms with Crippen molar-refractivity contribution in [2.45, 2.75) is 0 Å². The van der Waals surface area contributed by atoms with Crippen LogP contribution in [0.25, 0.3) is 10.9 Å². The summed E-state index contributed by atoms with van der Waals surface area (Å²) < 4.78 is 0.794. The van der Waals surface area contributed by atoms with Crippen molar-refractivity contribution >= 4 is 44.4 Å². The fourth-order valence-corrected chi connectivity index (χ4v) is 2.40. The first kappa shape index (κ1) is 14.3. The molecule has 0 amide bonds. The van der Waals surface area contributed by atoms with Crippen molar-refractivity contribution in [1.29, 1.82) is 0 Å². The molecule has 6 nitrogen and oxygen atoms in total. The molecule has 0 aliphatic heterocycles. The average molecular weight is 360 g/mol. The van der Waals surface area contributed by atoms with Crippen LogP contribution in [-0.4, -0.2) is 21.0 Å². The van der Waals surface area contributed by atoms with Gasteiger partial charge in [-0.3, -0.25) is 9.78 Å². The minimum atomic E-state index is -1.02. The van der Waals surface area contributed by atoms with Crippen LogP contribution in [0.4, 0.5) is 11.6 Å². The maximum Gasteiger partial charge on any atom is 0.335 e. The first-order valence-electron chi connectivity index (χ1n) is 6.33. The molecule has 0 aliphatic rings. The van der Waals surface area contributed by atoms with Gasteiger partial charge in [0.1, 0.15) is 0 Å². The van der Waals surface area contributed by atoms with E-state index >= 15 is 0 Å². The van der Waals surface area contributed by atoms with Crippen LogP contribution in [0, 0.1) is 0 Å².